The zero-order valence-electron chi connectivity index (χ0n) is 10.7. The molecule has 1 amide bonds. The summed E-state index contributed by atoms with van der Waals surface area (Å²) in [5, 5.41) is 9.90. The molecular weight excluding hydrogens is 260 g/mol. The van der Waals surface area contributed by atoms with E-state index in [0.717, 1.165) is 18.9 Å². The number of aromatic nitrogens is 4. The summed E-state index contributed by atoms with van der Waals surface area (Å²) >= 11 is 0. The third-order valence-electron chi connectivity index (χ3n) is 2.97. The van der Waals surface area contributed by atoms with Gasteiger partial charge in [0.15, 0.2) is 0 Å². The number of anilines is 2. The van der Waals surface area contributed by atoms with Crippen molar-refractivity contribution in [2.24, 2.45) is 0 Å². The lowest BCUT2D eigenvalue weighted by Crippen LogP contribution is -2.36. The Balaban J connectivity index is 1.65. The van der Waals surface area contributed by atoms with Crippen LogP contribution in [0, 0.1) is 0 Å². The number of carbonyl (C=O) groups is 1. The second kappa shape index (κ2) is 5.66. The Bertz CT molecular complexity index is 562. The second-order valence-corrected chi connectivity index (χ2v) is 4.30. The summed E-state index contributed by atoms with van der Waals surface area (Å²) in [6, 6.07) is 3.69. The Labute approximate surface area is 115 Å². The Morgan fingerprint density at radius 1 is 1.35 bits per heavy atom. The van der Waals surface area contributed by atoms with Gasteiger partial charge in [0, 0.05) is 13.1 Å². The standard InChI is InChI=1S/C12H14N6O2/c19-12(11-14-8-15-17-11)16-9-1-2-10(13-7-9)18-3-5-20-6-4-18/h1-2,7-8H,3-6H2,(H,16,19)(H,14,15,17). The van der Waals surface area contributed by atoms with E-state index in [2.05, 4.69) is 30.4 Å². The summed E-state index contributed by atoms with van der Waals surface area (Å²) in [5.41, 5.74) is 0.614. The number of ether oxygens (including phenoxy) is 1. The van der Waals surface area contributed by atoms with Crippen molar-refractivity contribution in [1.29, 1.82) is 0 Å². The first-order valence-electron chi connectivity index (χ1n) is 6.29. The van der Waals surface area contributed by atoms with E-state index in [9.17, 15) is 4.79 Å². The minimum Gasteiger partial charge on any atom is -0.378 e. The number of carbonyl (C=O) groups excluding carboxylic acids is 1. The van der Waals surface area contributed by atoms with E-state index in [1.807, 2.05) is 12.1 Å². The highest BCUT2D eigenvalue weighted by atomic mass is 16.5. The van der Waals surface area contributed by atoms with Crippen LogP contribution in [0.1, 0.15) is 10.6 Å². The van der Waals surface area contributed by atoms with Crippen molar-refractivity contribution in [3.05, 3.63) is 30.5 Å². The van der Waals surface area contributed by atoms with Gasteiger partial charge in [-0.2, -0.15) is 0 Å². The van der Waals surface area contributed by atoms with E-state index in [1.54, 1.807) is 6.20 Å². The van der Waals surface area contributed by atoms with Gasteiger partial charge in [0.1, 0.15) is 12.1 Å². The normalized spacial score (nSPS) is 15.1. The molecule has 2 aromatic rings. The molecule has 104 valence electrons. The molecule has 0 atom stereocenters. The number of rotatable bonds is 3. The van der Waals surface area contributed by atoms with Crippen LogP contribution in [0.3, 0.4) is 0 Å². The van der Waals surface area contributed by atoms with Crippen LogP contribution in [0.2, 0.25) is 0 Å². The molecule has 1 aliphatic rings. The maximum Gasteiger partial charge on any atom is 0.293 e. The fourth-order valence-corrected chi connectivity index (χ4v) is 1.95. The summed E-state index contributed by atoms with van der Waals surface area (Å²) in [7, 11) is 0. The third kappa shape index (κ3) is 2.75. The molecule has 0 bridgehead atoms. The van der Waals surface area contributed by atoms with Crippen LogP contribution in [-0.4, -0.2) is 52.4 Å². The number of morpholine rings is 1. The molecule has 0 unspecified atom stereocenters. The first kappa shape index (κ1) is 12.5. The molecule has 0 radical (unpaired) electrons. The molecule has 0 aliphatic carbocycles. The summed E-state index contributed by atoms with van der Waals surface area (Å²) < 4.78 is 5.30. The van der Waals surface area contributed by atoms with Crippen LogP contribution >= 0.6 is 0 Å². The topological polar surface area (TPSA) is 96.0 Å². The molecule has 0 spiro atoms. The first-order chi connectivity index (χ1) is 9.83. The van der Waals surface area contributed by atoms with Gasteiger partial charge in [-0.3, -0.25) is 4.79 Å². The Kier molecular flexibility index (Phi) is 3.55. The lowest BCUT2D eigenvalue weighted by Gasteiger charge is -2.27. The number of amides is 1. The van der Waals surface area contributed by atoms with E-state index >= 15 is 0 Å². The van der Waals surface area contributed by atoms with Crippen LogP contribution in [0.5, 0.6) is 0 Å². The molecule has 1 fully saturated rings. The van der Waals surface area contributed by atoms with Crippen molar-refractivity contribution in [2.75, 3.05) is 36.5 Å². The molecule has 20 heavy (non-hydrogen) atoms. The number of hydrogen-bond acceptors (Lipinski definition) is 6. The lowest BCUT2D eigenvalue weighted by atomic mass is 10.3. The van der Waals surface area contributed by atoms with Crippen molar-refractivity contribution >= 4 is 17.4 Å². The van der Waals surface area contributed by atoms with Crippen molar-refractivity contribution in [1.82, 2.24) is 20.2 Å². The highest BCUT2D eigenvalue weighted by Crippen LogP contribution is 2.15. The van der Waals surface area contributed by atoms with E-state index in [0.29, 0.717) is 18.9 Å². The zero-order valence-corrected chi connectivity index (χ0v) is 10.7. The summed E-state index contributed by atoms with van der Waals surface area (Å²) in [4.78, 5) is 20.9. The average molecular weight is 274 g/mol. The van der Waals surface area contributed by atoms with E-state index < -0.39 is 0 Å². The molecule has 0 aromatic carbocycles. The minimum absolute atomic E-state index is 0.169. The van der Waals surface area contributed by atoms with E-state index in [-0.39, 0.29) is 11.7 Å². The van der Waals surface area contributed by atoms with Crippen LogP contribution in [-0.2, 0) is 4.74 Å². The van der Waals surface area contributed by atoms with Gasteiger partial charge in [-0.1, -0.05) is 0 Å². The molecule has 2 aromatic heterocycles. The van der Waals surface area contributed by atoms with Crippen LogP contribution in [0.25, 0.3) is 0 Å². The summed E-state index contributed by atoms with van der Waals surface area (Å²) in [6.45, 7) is 3.09. The van der Waals surface area contributed by atoms with E-state index in [1.165, 1.54) is 6.33 Å². The summed E-state index contributed by atoms with van der Waals surface area (Å²) in [6.07, 6.45) is 2.98. The molecular formula is C12H14N6O2. The fourth-order valence-electron chi connectivity index (χ4n) is 1.95. The van der Waals surface area contributed by atoms with Crippen molar-refractivity contribution in [3.63, 3.8) is 0 Å². The van der Waals surface area contributed by atoms with Gasteiger partial charge >= 0.3 is 0 Å². The third-order valence-corrected chi connectivity index (χ3v) is 2.97. The predicted octanol–water partition coefficient (Wildman–Crippen LogP) is 0.289. The Morgan fingerprint density at radius 2 is 2.20 bits per heavy atom. The number of hydrogen-bond donors (Lipinski definition) is 2. The quantitative estimate of drug-likeness (QED) is 0.835. The van der Waals surface area contributed by atoms with Gasteiger partial charge in [0.25, 0.3) is 5.91 Å². The average Bonchev–Trinajstić information content (AvgIpc) is 3.03. The zero-order chi connectivity index (χ0) is 13.8. The molecule has 3 heterocycles. The SMILES string of the molecule is O=C(Nc1ccc(N2CCOCC2)nc1)c1nnc[nH]1. The van der Waals surface area contributed by atoms with Gasteiger partial charge in [-0.25, -0.2) is 4.98 Å². The maximum atomic E-state index is 11.8. The highest BCUT2D eigenvalue weighted by molar-refractivity contribution is 6.01. The number of pyridine rings is 1. The Morgan fingerprint density at radius 3 is 2.85 bits per heavy atom. The van der Waals surface area contributed by atoms with Crippen LogP contribution in [0.4, 0.5) is 11.5 Å². The highest BCUT2D eigenvalue weighted by Gasteiger charge is 2.13. The van der Waals surface area contributed by atoms with Gasteiger partial charge in [-0.05, 0) is 12.1 Å². The molecule has 1 aliphatic heterocycles. The van der Waals surface area contributed by atoms with Crippen molar-refractivity contribution in [2.45, 2.75) is 0 Å². The fraction of sp³-hybridized carbons (Fsp3) is 0.333. The number of aromatic amines is 1. The second-order valence-electron chi connectivity index (χ2n) is 4.30. The van der Waals surface area contributed by atoms with Gasteiger partial charge < -0.3 is 19.9 Å². The van der Waals surface area contributed by atoms with Crippen LogP contribution < -0.4 is 10.2 Å². The number of H-pyrrole nitrogens is 1. The predicted molar refractivity (Wildman–Crippen MR) is 71.6 cm³/mol. The van der Waals surface area contributed by atoms with Crippen molar-refractivity contribution in [3.8, 4) is 0 Å². The first-order valence-corrected chi connectivity index (χ1v) is 6.29. The molecule has 8 heteroatoms. The van der Waals surface area contributed by atoms with Gasteiger partial charge in [0.2, 0.25) is 5.82 Å². The smallest absolute Gasteiger partial charge is 0.293 e. The van der Waals surface area contributed by atoms with Gasteiger partial charge in [-0.15, -0.1) is 10.2 Å². The molecule has 2 N–H and O–H groups in total. The number of nitrogens with zero attached hydrogens (tertiary/aromatic N) is 4. The molecule has 3 rings (SSSR count). The maximum absolute atomic E-state index is 11.8. The van der Waals surface area contributed by atoms with Crippen molar-refractivity contribution < 1.29 is 9.53 Å². The lowest BCUT2D eigenvalue weighted by molar-refractivity contribution is 0.101. The largest absolute Gasteiger partial charge is 0.378 e. The van der Waals surface area contributed by atoms with Crippen LogP contribution in [0.15, 0.2) is 24.7 Å². The van der Waals surface area contributed by atoms with Gasteiger partial charge in [0.05, 0.1) is 25.1 Å². The molecule has 1 saturated heterocycles. The summed E-state index contributed by atoms with van der Waals surface area (Å²) in [5.74, 6) is 0.705. The molecule has 0 saturated carbocycles. The molecule has 8 nitrogen and oxygen atoms in total. The van der Waals surface area contributed by atoms with E-state index in [4.69, 9.17) is 4.74 Å². The Hall–Kier alpha value is -2.48. The minimum atomic E-state index is -0.344. The number of nitrogens with one attached hydrogen (secondary N) is 2. The monoisotopic (exact) mass is 274 g/mol.